The van der Waals surface area contributed by atoms with Crippen LogP contribution >= 0.6 is 0 Å². The first-order valence-electron chi connectivity index (χ1n) is 9.27. The quantitative estimate of drug-likeness (QED) is 0.444. The molecular formula is C21H36O2. The van der Waals surface area contributed by atoms with Gasteiger partial charge in [0.05, 0.1) is 6.10 Å². The van der Waals surface area contributed by atoms with Gasteiger partial charge in [0.15, 0.2) is 0 Å². The van der Waals surface area contributed by atoms with Crippen LogP contribution in [0.4, 0.5) is 0 Å². The van der Waals surface area contributed by atoms with Crippen molar-refractivity contribution in [1.82, 2.24) is 0 Å². The van der Waals surface area contributed by atoms with E-state index in [1.807, 2.05) is 6.08 Å². The number of aliphatic hydroxyl groups excluding tert-OH is 2. The Morgan fingerprint density at radius 2 is 1.78 bits per heavy atom. The summed E-state index contributed by atoms with van der Waals surface area (Å²) in [6.07, 6.45) is 9.31. The summed E-state index contributed by atoms with van der Waals surface area (Å²) in [5, 5.41) is 20.6. The van der Waals surface area contributed by atoms with Gasteiger partial charge in [-0.25, -0.2) is 0 Å². The summed E-state index contributed by atoms with van der Waals surface area (Å²) < 4.78 is 0. The fourth-order valence-corrected chi connectivity index (χ4v) is 4.08. The Labute approximate surface area is 143 Å². The van der Waals surface area contributed by atoms with Crippen molar-refractivity contribution in [2.75, 3.05) is 6.61 Å². The Bertz CT molecular complexity index is 393. The smallest absolute Gasteiger partial charge is 0.0839 e. The average molecular weight is 321 g/mol. The van der Waals surface area contributed by atoms with Crippen molar-refractivity contribution < 1.29 is 10.2 Å². The highest BCUT2D eigenvalue weighted by molar-refractivity contribution is 5.34. The lowest BCUT2D eigenvalue weighted by atomic mass is 9.73. The lowest BCUT2D eigenvalue weighted by molar-refractivity contribution is 0.0426. The second-order valence-corrected chi connectivity index (χ2v) is 7.27. The second-order valence-electron chi connectivity index (χ2n) is 7.27. The molecule has 0 bridgehead atoms. The molecule has 23 heavy (non-hydrogen) atoms. The molecule has 0 radical (unpaired) electrons. The molecule has 0 aromatic carbocycles. The maximum absolute atomic E-state index is 10.8. The van der Waals surface area contributed by atoms with Gasteiger partial charge >= 0.3 is 0 Å². The molecule has 0 aliphatic heterocycles. The van der Waals surface area contributed by atoms with Crippen LogP contribution in [0.1, 0.15) is 58.8 Å². The van der Waals surface area contributed by atoms with Gasteiger partial charge in [0.25, 0.3) is 0 Å². The monoisotopic (exact) mass is 320 g/mol. The van der Waals surface area contributed by atoms with Crippen molar-refractivity contribution in [2.24, 2.45) is 23.7 Å². The van der Waals surface area contributed by atoms with E-state index in [9.17, 15) is 10.2 Å². The van der Waals surface area contributed by atoms with Crippen LogP contribution in [0.5, 0.6) is 0 Å². The molecule has 1 saturated carbocycles. The first-order valence-corrected chi connectivity index (χ1v) is 9.27. The van der Waals surface area contributed by atoms with Crippen LogP contribution in [0.15, 0.2) is 37.0 Å². The zero-order chi connectivity index (χ0) is 17.4. The molecule has 1 aliphatic carbocycles. The molecule has 0 heterocycles. The number of rotatable bonds is 10. The largest absolute Gasteiger partial charge is 0.396 e. The van der Waals surface area contributed by atoms with Gasteiger partial charge in [-0.1, -0.05) is 65.2 Å². The SMILES string of the molecule is C=C[C@H](C(=C)C(=C)C(O)C(CO)C1CCCCC1)C(C)CCC. The van der Waals surface area contributed by atoms with Crippen molar-refractivity contribution in [3.05, 3.63) is 37.0 Å². The fourth-order valence-electron chi connectivity index (χ4n) is 4.08. The third-order valence-corrected chi connectivity index (χ3v) is 5.65. The summed E-state index contributed by atoms with van der Waals surface area (Å²) in [6, 6.07) is 0. The van der Waals surface area contributed by atoms with E-state index in [4.69, 9.17) is 0 Å². The summed E-state index contributed by atoms with van der Waals surface area (Å²) in [5.41, 5.74) is 1.56. The molecule has 132 valence electrons. The minimum Gasteiger partial charge on any atom is -0.396 e. The molecule has 0 saturated heterocycles. The van der Waals surface area contributed by atoms with Gasteiger partial charge < -0.3 is 10.2 Å². The van der Waals surface area contributed by atoms with Crippen LogP contribution in [0, 0.1) is 23.7 Å². The number of aliphatic hydroxyl groups is 2. The van der Waals surface area contributed by atoms with Gasteiger partial charge in [0.2, 0.25) is 0 Å². The highest BCUT2D eigenvalue weighted by Gasteiger charge is 2.32. The minimum atomic E-state index is -0.702. The molecule has 4 atom stereocenters. The normalized spacial score (nSPS) is 21.2. The van der Waals surface area contributed by atoms with Gasteiger partial charge in [-0.15, -0.1) is 6.58 Å². The molecule has 0 spiro atoms. The Balaban J connectivity index is 2.78. The van der Waals surface area contributed by atoms with E-state index in [2.05, 4.69) is 33.6 Å². The van der Waals surface area contributed by atoms with Gasteiger partial charge in [-0.2, -0.15) is 0 Å². The predicted molar refractivity (Wildman–Crippen MR) is 99.2 cm³/mol. The molecule has 0 amide bonds. The maximum Gasteiger partial charge on any atom is 0.0839 e. The molecule has 0 aromatic rings. The summed E-state index contributed by atoms with van der Waals surface area (Å²) in [6.45, 7) is 16.7. The molecular weight excluding hydrogens is 284 g/mol. The van der Waals surface area contributed by atoms with Crippen LogP contribution in [0.2, 0.25) is 0 Å². The van der Waals surface area contributed by atoms with Crippen LogP contribution in [0.25, 0.3) is 0 Å². The van der Waals surface area contributed by atoms with E-state index >= 15 is 0 Å². The molecule has 0 aromatic heterocycles. The molecule has 1 fully saturated rings. The number of hydrogen-bond acceptors (Lipinski definition) is 2. The van der Waals surface area contributed by atoms with Crippen molar-refractivity contribution >= 4 is 0 Å². The molecule has 2 N–H and O–H groups in total. The summed E-state index contributed by atoms with van der Waals surface area (Å²) in [4.78, 5) is 0. The highest BCUT2D eigenvalue weighted by atomic mass is 16.3. The lowest BCUT2D eigenvalue weighted by Gasteiger charge is -2.35. The van der Waals surface area contributed by atoms with E-state index in [1.54, 1.807) is 0 Å². The van der Waals surface area contributed by atoms with Crippen molar-refractivity contribution in [3.63, 3.8) is 0 Å². The lowest BCUT2D eigenvalue weighted by Crippen LogP contribution is -2.34. The Hall–Kier alpha value is -0.860. The second kappa shape index (κ2) is 10.1. The Kier molecular flexibility index (Phi) is 8.86. The predicted octanol–water partition coefficient (Wildman–Crippen LogP) is 4.89. The first kappa shape index (κ1) is 20.2. The third-order valence-electron chi connectivity index (χ3n) is 5.65. The van der Waals surface area contributed by atoms with Crippen molar-refractivity contribution in [1.29, 1.82) is 0 Å². The molecule has 1 rings (SSSR count). The van der Waals surface area contributed by atoms with Gasteiger partial charge in [0.1, 0.15) is 0 Å². The topological polar surface area (TPSA) is 40.5 Å². The summed E-state index contributed by atoms with van der Waals surface area (Å²) >= 11 is 0. The van der Waals surface area contributed by atoms with E-state index in [0.717, 1.165) is 31.3 Å². The van der Waals surface area contributed by atoms with Gasteiger partial charge in [0, 0.05) is 18.4 Å². The Morgan fingerprint density at radius 3 is 2.26 bits per heavy atom. The van der Waals surface area contributed by atoms with Gasteiger partial charge in [-0.3, -0.25) is 0 Å². The van der Waals surface area contributed by atoms with E-state index in [-0.39, 0.29) is 18.4 Å². The van der Waals surface area contributed by atoms with Crippen LogP contribution < -0.4 is 0 Å². The summed E-state index contributed by atoms with van der Waals surface area (Å²) in [5.74, 6) is 0.856. The highest BCUT2D eigenvalue weighted by Crippen LogP contribution is 2.37. The van der Waals surface area contributed by atoms with Crippen molar-refractivity contribution in [3.8, 4) is 0 Å². The van der Waals surface area contributed by atoms with E-state index in [1.165, 1.54) is 19.3 Å². The van der Waals surface area contributed by atoms with Crippen LogP contribution in [-0.2, 0) is 0 Å². The summed E-state index contributed by atoms with van der Waals surface area (Å²) in [7, 11) is 0. The standard InChI is InChI=1S/C21H36O2/c1-6-11-15(3)19(7-2)16(4)17(5)21(23)20(14-22)18-12-9-8-10-13-18/h7,15,18-23H,2,4-6,8-14H2,1,3H3/t15?,19-,20?,21?/m0/s1. The first-order chi connectivity index (χ1) is 11.0. The number of hydrogen-bond donors (Lipinski definition) is 2. The van der Waals surface area contributed by atoms with Crippen LogP contribution in [0.3, 0.4) is 0 Å². The zero-order valence-corrected chi connectivity index (χ0v) is 15.1. The molecule has 2 nitrogen and oxygen atoms in total. The molecule has 2 heteroatoms. The van der Waals surface area contributed by atoms with E-state index in [0.29, 0.717) is 17.4 Å². The van der Waals surface area contributed by atoms with Gasteiger partial charge in [-0.05, 0) is 35.8 Å². The fraction of sp³-hybridized carbons (Fsp3) is 0.714. The van der Waals surface area contributed by atoms with E-state index < -0.39 is 6.10 Å². The maximum atomic E-state index is 10.8. The zero-order valence-electron chi connectivity index (χ0n) is 15.1. The third kappa shape index (κ3) is 5.32. The average Bonchev–Trinajstić information content (AvgIpc) is 2.56. The van der Waals surface area contributed by atoms with Crippen molar-refractivity contribution in [2.45, 2.75) is 64.9 Å². The number of allylic oxidation sites excluding steroid dienone is 1. The molecule has 3 unspecified atom stereocenters. The molecule has 1 aliphatic rings. The van der Waals surface area contributed by atoms with Crippen LogP contribution in [-0.4, -0.2) is 22.9 Å². The minimum absolute atomic E-state index is 0.0153. The Morgan fingerprint density at radius 1 is 1.17 bits per heavy atom.